The number of benzene rings is 1. The summed E-state index contributed by atoms with van der Waals surface area (Å²) in [5.74, 6) is 1.88. The first-order valence-corrected chi connectivity index (χ1v) is 8.38. The van der Waals surface area contributed by atoms with Gasteiger partial charge in [-0.15, -0.1) is 0 Å². The third-order valence-corrected chi connectivity index (χ3v) is 4.86. The molecule has 0 saturated heterocycles. The Kier molecular flexibility index (Phi) is 7.69. The van der Waals surface area contributed by atoms with E-state index in [0.29, 0.717) is 34.1 Å². The smallest absolute Gasteiger partial charge is 0.142 e. The van der Waals surface area contributed by atoms with Crippen LogP contribution in [0.3, 0.4) is 0 Å². The Morgan fingerprint density at radius 1 is 1.00 bits per heavy atom. The second-order valence-electron chi connectivity index (χ2n) is 5.47. The average molecular weight is 333 g/mol. The maximum Gasteiger partial charge on any atom is 0.142 e. The van der Waals surface area contributed by atoms with Crippen LogP contribution in [0, 0.1) is 19.8 Å². The number of halogens is 2. The highest BCUT2D eigenvalue weighted by Crippen LogP contribution is 2.44. The van der Waals surface area contributed by atoms with Crippen molar-refractivity contribution in [3.63, 3.8) is 0 Å². The lowest BCUT2D eigenvalue weighted by Crippen LogP contribution is -2.12. The fourth-order valence-corrected chi connectivity index (χ4v) is 2.97. The Balaban J connectivity index is 2.93. The predicted octanol–water partition coefficient (Wildman–Crippen LogP) is 6.21. The Labute approximate surface area is 138 Å². The second kappa shape index (κ2) is 8.75. The summed E-state index contributed by atoms with van der Waals surface area (Å²) in [5, 5.41) is 1.18. The summed E-state index contributed by atoms with van der Waals surface area (Å²) in [6.45, 7) is 8.90. The maximum absolute atomic E-state index is 6.42. The van der Waals surface area contributed by atoms with Gasteiger partial charge in [0.1, 0.15) is 11.5 Å². The number of ether oxygens (including phenoxy) is 2. The highest BCUT2D eigenvalue weighted by molar-refractivity contribution is 6.36. The van der Waals surface area contributed by atoms with Gasteiger partial charge in [-0.2, -0.15) is 0 Å². The molecule has 1 rings (SSSR count). The minimum Gasteiger partial charge on any atom is -0.495 e. The summed E-state index contributed by atoms with van der Waals surface area (Å²) < 4.78 is 11.3. The van der Waals surface area contributed by atoms with Crippen LogP contribution in [-0.2, 0) is 0 Å². The lowest BCUT2D eigenvalue weighted by atomic mass is 10.0. The maximum atomic E-state index is 6.42. The van der Waals surface area contributed by atoms with Gasteiger partial charge in [-0.05, 0) is 26.2 Å². The van der Waals surface area contributed by atoms with E-state index in [0.717, 1.165) is 17.5 Å². The van der Waals surface area contributed by atoms with E-state index in [4.69, 9.17) is 32.7 Å². The van der Waals surface area contributed by atoms with Crippen molar-refractivity contribution in [2.45, 2.75) is 53.4 Å². The molecule has 0 aliphatic carbocycles. The van der Waals surface area contributed by atoms with Crippen molar-refractivity contribution in [1.29, 1.82) is 0 Å². The zero-order valence-electron chi connectivity index (χ0n) is 13.7. The third-order valence-electron chi connectivity index (χ3n) is 3.95. The molecule has 2 nitrogen and oxygen atoms in total. The first-order chi connectivity index (χ1) is 9.97. The van der Waals surface area contributed by atoms with E-state index in [-0.39, 0.29) is 0 Å². The monoisotopic (exact) mass is 332 g/mol. The van der Waals surface area contributed by atoms with Crippen LogP contribution < -0.4 is 9.47 Å². The van der Waals surface area contributed by atoms with Crippen molar-refractivity contribution in [3.8, 4) is 11.5 Å². The molecule has 1 aromatic rings. The summed E-state index contributed by atoms with van der Waals surface area (Å²) >= 11 is 12.8. The molecule has 0 N–H and O–H groups in total. The molecule has 0 spiro atoms. The summed E-state index contributed by atoms with van der Waals surface area (Å²) in [4.78, 5) is 0. The predicted molar refractivity (Wildman–Crippen MR) is 91.3 cm³/mol. The van der Waals surface area contributed by atoms with Gasteiger partial charge in [0.25, 0.3) is 0 Å². The lowest BCUT2D eigenvalue weighted by Gasteiger charge is -2.20. The van der Waals surface area contributed by atoms with Gasteiger partial charge in [-0.3, -0.25) is 0 Å². The minimum absolute atomic E-state index is 0.557. The van der Waals surface area contributed by atoms with Crippen LogP contribution in [0.2, 0.25) is 10.0 Å². The zero-order valence-corrected chi connectivity index (χ0v) is 15.2. The molecule has 0 bridgehead atoms. The number of unbranched alkanes of at least 4 members (excludes halogenated alkanes) is 1. The molecular formula is C17H26Cl2O2. The van der Waals surface area contributed by atoms with Gasteiger partial charge in [0.05, 0.1) is 23.8 Å². The largest absolute Gasteiger partial charge is 0.495 e. The average Bonchev–Trinajstić information content (AvgIpc) is 2.49. The Bertz CT molecular complexity index is 443. The van der Waals surface area contributed by atoms with E-state index in [2.05, 4.69) is 13.8 Å². The molecule has 4 heteroatoms. The van der Waals surface area contributed by atoms with Gasteiger partial charge in [0, 0.05) is 11.1 Å². The van der Waals surface area contributed by atoms with Crippen molar-refractivity contribution < 1.29 is 9.47 Å². The number of hydrogen-bond donors (Lipinski definition) is 0. The topological polar surface area (TPSA) is 18.5 Å². The molecular weight excluding hydrogens is 307 g/mol. The van der Waals surface area contributed by atoms with E-state index in [1.165, 1.54) is 19.3 Å². The van der Waals surface area contributed by atoms with Crippen LogP contribution >= 0.6 is 23.2 Å². The van der Waals surface area contributed by atoms with E-state index in [9.17, 15) is 0 Å². The van der Waals surface area contributed by atoms with Crippen LogP contribution in [0.1, 0.15) is 50.7 Å². The van der Waals surface area contributed by atoms with Gasteiger partial charge in [0.2, 0.25) is 0 Å². The zero-order chi connectivity index (χ0) is 16.0. The van der Waals surface area contributed by atoms with Gasteiger partial charge in [0.15, 0.2) is 0 Å². The van der Waals surface area contributed by atoms with Crippen molar-refractivity contribution in [3.05, 3.63) is 21.2 Å². The fraction of sp³-hybridized carbons (Fsp3) is 0.647. The van der Waals surface area contributed by atoms with Gasteiger partial charge in [-0.1, -0.05) is 56.3 Å². The molecule has 0 amide bonds. The molecule has 1 unspecified atom stereocenters. The van der Waals surface area contributed by atoms with E-state index in [1.54, 1.807) is 7.11 Å². The first kappa shape index (κ1) is 18.4. The van der Waals surface area contributed by atoms with Crippen molar-refractivity contribution >= 4 is 23.2 Å². The molecule has 0 heterocycles. The highest BCUT2D eigenvalue weighted by Gasteiger charge is 2.20. The number of methoxy groups -OCH3 is 1. The van der Waals surface area contributed by atoms with Crippen LogP contribution in [0.5, 0.6) is 11.5 Å². The summed E-state index contributed by atoms with van der Waals surface area (Å²) in [5.41, 5.74) is 1.67. The molecule has 1 aromatic carbocycles. The summed E-state index contributed by atoms with van der Waals surface area (Å²) in [6, 6.07) is 0. The highest BCUT2D eigenvalue weighted by atomic mass is 35.5. The number of hydrogen-bond acceptors (Lipinski definition) is 2. The van der Waals surface area contributed by atoms with Crippen LogP contribution in [0.25, 0.3) is 0 Å². The van der Waals surface area contributed by atoms with Crippen LogP contribution in [0.15, 0.2) is 0 Å². The number of rotatable bonds is 8. The van der Waals surface area contributed by atoms with Crippen molar-refractivity contribution in [1.82, 2.24) is 0 Å². The van der Waals surface area contributed by atoms with Crippen LogP contribution in [0.4, 0.5) is 0 Å². The Morgan fingerprint density at radius 3 is 2.10 bits per heavy atom. The second-order valence-corrected chi connectivity index (χ2v) is 6.22. The van der Waals surface area contributed by atoms with E-state index in [1.807, 2.05) is 13.8 Å². The molecule has 0 saturated carbocycles. The van der Waals surface area contributed by atoms with Crippen LogP contribution in [-0.4, -0.2) is 13.7 Å². The molecule has 120 valence electrons. The first-order valence-electron chi connectivity index (χ1n) is 7.62. The third kappa shape index (κ3) is 4.43. The lowest BCUT2D eigenvalue weighted by molar-refractivity contribution is 0.232. The SMILES string of the molecule is CCCCC(CC)COc1c(C)c(Cl)c(OC)c(C)c1Cl. The molecule has 1 atom stereocenters. The molecule has 0 fully saturated rings. The van der Waals surface area contributed by atoms with Gasteiger partial charge < -0.3 is 9.47 Å². The molecule has 0 aliphatic rings. The van der Waals surface area contributed by atoms with E-state index >= 15 is 0 Å². The van der Waals surface area contributed by atoms with Crippen molar-refractivity contribution in [2.24, 2.45) is 5.92 Å². The molecule has 0 aliphatic heterocycles. The molecule has 0 radical (unpaired) electrons. The van der Waals surface area contributed by atoms with E-state index < -0.39 is 0 Å². The molecule has 21 heavy (non-hydrogen) atoms. The standard InChI is InChI=1S/C17H26Cl2O2/c1-6-8-9-13(7-2)10-21-17-12(4)14(18)16(20-5)11(3)15(17)19/h13H,6-10H2,1-5H3. The summed E-state index contributed by atoms with van der Waals surface area (Å²) in [7, 11) is 1.60. The van der Waals surface area contributed by atoms with Crippen molar-refractivity contribution in [2.75, 3.05) is 13.7 Å². The normalized spacial score (nSPS) is 12.3. The van der Waals surface area contributed by atoms with Gasteiger partial charge >= 0.3 is 0 Å². The minimum atomic E-state index is 0.557. The Morgan fingerprint density at radius 2 is 1.57 bits per heavy atom. The quantitative estimate of drug-likeness (QED) is 0.563. The Hall–Kier alpha value is -0.600. The summed E-state index contributed by atoms with van der Waals surface area (Å²) in [6.07, 6.45) is 4.74. The fourth-order valence-electron chi connectivity index (χ4n) is 2.38. The molecule has 0 aromatic heterocycles. The van der Waals surface area contributed by atoms with Gasteiger partial charge in [-0.25, -0.2) is 0 Å².